The molecule has 20 heavy (non-hydrogen) atoms. The predicted molar refractivity (Wildman–Crippen MR) is 83.1 cm³/mol. The highest BCUT2D eigenvalue weighted by atomic mass is 32.2. The van der Waals surface area contributed by atoms with E-state index in [9.17, 15) is 14.7 Å². The molecule has 1 aliphatic rings. The summed E-state index contributed by atoms with van der Waals surface area (Å²) in [5, 5.41) is 12.2. The third-order valence-electron chi connectivity index (χ3n) is 2.98. The molecule has 1 aromatic carbocycles. The summed E-state index contributed by atoms with van der Waals surface area (Å²) < 4.78 is 0. The van der Waals surface area contributed by atoms with Crippen molar-refractivity contribution in [2.45, 2.75) is 17.7 Å². The van der Waals surface area contributed by atoms with Gasteiger partial charge in [0.2, 0.25) is 5.91 Å². The first-order valence-electron chi connectivity index (χ1n) is 6.43. The van der Waals surface area contributed by atoms with E-state index in [1.807, 2.05) is 17.8 Å². The number of hydrogen-bond donors (Lipinski definition) is 2. The van der Waals surface area contributed by atoms with Crippen LogP contribution < -0.4 is 5.32 Å². The molecular formula is C14H17NO3S2. The number of nitrogens with one attached hydrogen (secondary N) is 1. The minimum Gasteiger partial charge on any atom is -0.479 e. The molecule has 0 saturated carbocycles. The fourth-order valence-corrected chi connectivity index (χ4v) is 4.69. The maximum Gasteiger partial charge on any atom is 0.330 e. The number of amides is 1. The molecule has 0 aliphatic carbocycles. The molecule has 1 amide bonds. The van der Waals surface area contributed by atoms with Gasteiger partial charge < -0.3 is 10.4 Å². The number of carboxylic acid groups (broad SMARTS) is 1. The Morgan fingerprint density at radius 1 is 1.30 bits per heavy atom. The molecule has 2 atom stereocenters. The van der Waals surface area contributed by atoms with Gasteiger partial charge in [0, 0.05) is 28.9 Å². The Kier molecular flexibility index (Phi) is 5.79. The average Bonchev–Trinajstić information content (AvgIpc) is 2.46. The van der Waals surface area contributed by atoms with Crippen LogP contribution in [0.4, 0.5) is 0 Å². The molecule has 1 saturated heterocycles. The Morgan fingerprint density at radius 2 is 2.05 bits per heavy atom. The molecule has 108 valence electrons. The van der Waals surface area contributed by atoms with Crippen LogP contribution in [0.3, 0.4) is 0 Å². The van der Waals surface area contributed by atoms with Crippen molar-refractivity contribution >= 4 is 35.4 Å². The van der Waals surface area contributed by atoms with Gasteiger partial charge in [0.05, 0.1) is 0 Å². The van der Waals surface area contributed by atoms with Crippen molar-refractivity contribution in [3.63, 3.8) is 0 Å². The highest BCUT2D eigenvalue weighted by Crippen LogP contribution is 2.26. The fraction of sp³-hybridized carbons (Fsp3) is 0.429. The minimum atomic E-state index is -1.03. The van der Waals surface area contributed by atoms with Gasteiger partial charge >= 0.3 is 5.97 Å². The van der Waals surface area contributed by atoms with Crippen LogP contribution in [0.2, 0.25) is 0 Å². The van der Waals surface area contributed by atoms with Crippen LogP contribution in [0.1, 0.15) is 18.0 Å². The van der Waals surface area contributed by atoms with Gasteiger partial charge in [-0.05, 0) is 5.56 Å². The SMILES string of the molecule is O=C(CC1CSCCS1)NC(C(=O)O)c1ccccc1. The van der Waals surface area contributed by atoms with Gasteiger partial charge in [0.25, 0.3) is 0 Å². The second kappa shape index (κ2) is 7.59. The molecule has 4 nitrogen and oxygen atoms in total. The van der Waals surface area contributed by atoms with Crippen molar-refractivity contribution in [3.05, 3.63) is 35.9 Å². The maximum absolute atomic E-state index is 12.0. The van der Waals surface area contributed by atoms with E-state index >= 15 is 0 Å². The highest BCUT2D eigenvalue weighted by molar-refractivity contribution is 8.06. The Bertz CT molecular complexity index is 461. The van der Waals surface area contributed by atoms with E-state index in [4.69, 9.17) is 0 Å². The Labute approximate surface area is 126 Å². The number of thioether (sulfide) groups is 2. The second-order valence-electron chi connectivity index (χ2n) is 4.52. The third-order valence-corrected chi connectivity index (χ3v) is 5.83. The third kappa shape index (κ3) is 4.45. The number of benzene rings is 1. The first kappa shape index (κ1) is 15.3. The zero-order valence-corrected chi connectivity index (χ0v) is 12.6. The largest absolute Gasteiger partial charge is 0.479 e. The van der Waals surface area contributed by atoms with E-state index < -0.39 is 12.0 Å². The van der Waals surface area contributed by atoms with E-state index in [-0.39, 0.29) is 5.91 Å². The van der Waals surface area contributed by atoms with E-state index in [1.165, 1.54) is 0 Å². The normalized spacial score (nSPS) is 20.1. The molecule has 6 heteroatoms. The molecule has 0 bridgehead atoms. The molecule has 1 aliphatic heterocycles. The van der Waals surface area contributed by atoms with Crippen LogP contribution in [0.5, 0.6) is 0 Å². The minimum absolute atomic E-state index is 0.193. The van der Waals surface area contributed by atoms with Crippen LogP contribution in [0.15, 0.2) is 30.3 Å². The van der Waals surface area contributed by atoms with E-state index in [2.05, 4.69) is 5.32 Å². The van der Waals surface area contributed by atoms with E-state index in [0.29, 0.717) is 17.2 Å². The summed E-state index contributed by atoms with van der Waals surface area (Å²) in [6.07, 6.45) is 0.383. The van der Waals surface area contributed by atoms with E-state index in [0.717, 1.165) is 17.3 Å². The summed E-state index contributed by atoms with van der Waals surface area (Å²) in [5.41, 5.74) is 0.596. The summed E-state index contributed by atoms with van der Waals surface area (Å²) in [6.45, 7) is 0. The first-order valence-corrected chi connectivity index (χ1v) is 8.63. The molecule has 2 unspecified atom stereocenters. The zero-order chi connectivity index (χ0) is 14.4. The Balaban J connectivity index is 1.94. The Morgan fingerprint density at radius 3 is 2.65 bits per heavy atom. The van der Waals surface area contributed by atoms with Crippen LogP contribution in [0, 0.1) is 0 Å². The van der Waals surface area contributed by atoms with Crippen LogP contribution in [-0.4, -0.2) is 39.5 Å². The molecule has 1 fully saturated rings. The van der Waals surface area contributed by atoms with Gasteiger partial charge in [-0.25, -0.2) is 4.79 Å². The Hall–Kier alpha value is -1.14. The number of hydrogen-bond acceptors (Lipinski definition) is 4. The molecule has 0 spiro atoms. The molecule has 2 rings (SSSR count). The second-order valence-corrected chi connectivity index (χ2v) is 7.08. The monoisotopic (exact) mass is 311 g/mol. The lowest BCUT2D eigenvalue weighted by atomic mass is 10.1. The van der Waals surface area contributed by atoms with Crippen molar-refractivity contribution in [2.24, 2.45) is 0 Å². The summed E-state index contributed by atoms with van der Waals surface area (Å²) >= 11 is 3.64. The van der Waals surface area contributed by atoms with Gasteiger partial charge in [-0.1, -0.05) is 30.3 Å². The lowest BCUT2D eigenvalue weighted by Gasteiger charge is -2.21. The van der Waals surface area contributed by atoms with Crippen molar-refractivity contribution < 1.29 is 14.7 Å². The molecule has 1 aromatic rings. The standard InChI is InChI=1S/C14H17NO3S2/c16-12(8-11-9-19-6-7-20-11)15-13(14(17)18)10-4-2-1-3-5-10/h1-5,11,13H,6-9H2,(H,15,16)(H,17,18). The van der Waals surface area contributed by atoms with Gasteiger partial charge in [0.15, 0.2) is 6.04 Å². The summed E-state index contributed by atoms with van der Waals surface area (Å²) in [5.74, 6) is 1.92. The summed E-state index contributed by atoms with van der Waals surface area (Å²) in [4.78, 5) is 23.3. The van der Waals surface area contributed by atoms with Crippen molar-refractivity contribution in [3.8, 4) is 0 Å². The summed E-state index contributed by atoms with van der Waals surface area (Å²) in [7, 11) is 0. The van der Waals surface area contributed by atoms with Crippen LogP contribution >= 0.6 is 23.5 Å². The highest BCUT2D eigenvalue weighted by Gasteiger charge is 2.24. The van der Waals surface area contributed by atoms with Crippen molar-refractivity contribution in [2.75, 3.05) is 17.3 Å². The first-order chi connectivity index (χ1) is 9.66. The number of rotatable bonds is 5. The van der Waals surface area contributed by atoms with E-state index in [1.54, 1.807) is 36.0 Å². The molecule has 0 radical (unpaired) electrons. The number of carbonyl (C=O) groups excluding carboxylic acids is 1. The van der Waals surface area contributed by atoms with Crippen LogP contribution in [0.25, 0.3) is 0 Å². The average molecular weight is 311 g/mol. The quantitative estimate of drug-likeness (QED) is 0.872. The lowest BCUT2D eigenvalue weighted by molar-refractivity contribution is -0.142. The van der Waals surface area contributed by atoms with Crippen LogP contribution in [-0.2, 0) is 9.59 Å². The smallest absolute Gasteiger partial charge is 0.330 e. The van der Waals surface area contributed by atoms with Gasteiger partial charge in [-0.15, -0.1) is 0 Å². The topological polar surface area (TPSA) is 66.4 Å². The van der Waals surface area contributed by atoms with Crippen molar-refractivity contribution in [1.82, 2.24) is 5.32 Å². The molecule has 0 aromatic heterocycles. The van der Waals surface area contributed by atoms with Gasteiger partial charge in [-0.2, -0.15) is 23.5 Å². The maximum atomic E-state index is 12.0. The molecular weight excluding hydrogens is 294 g/mol. The zero-order valence-electron chi connectivity index (χ0n) is 11.0. The van der Waals surface area contributed by atoms with Gasteiger partial charge in [0.1, 0.15) is 0 Å². The summed E-state index contributed by atoms with van der Waals surface area (Å²) in [6, 6.07) is 7.81. The number of aliphatic carboxylic acids is 1. The number of carboxylic acids is 1. The molecule has 2 N–H and O–H groups in total. The lowest BCUT2D eigenvalue weighted by Crippen LogP contribution is -2.35. The molecule has 1 heterocycles. The van der Waals surface area contributed by atoms with Gasteiger partial charge in [-0.3, -0.25) is 4.79 Å². The number of carbonyl (C=O) groups is 2. The fourth-order valence-electron chi connectivity index (χ4n) is 2.01. The van der Waals surface area contributed by atoms with Crippen molar-refractivity contribution in [1.29, 1.82) is 0 Å². The predicted octanol–water partition coefficient (Wildman–Crippen LogP) is 2.17.